The molecule has 0 bridgehead atoms. The number of aryl methyl sites for hydroxylation is 1. The first-order valence-electron chi connectivity index (χ1n) is 8.87. The van der Waals surface area contributed by atoms with Crippen molar-refractivity contribution in [1.29, 1.82) is 0 Å². The summed E-state index contributed by atoms with van der Waals surface area (Å²) >= 11 is 3.50. The summed E-state index contributed by atoms with van der Waals surface area (Å²) in [7, 11) is 3.39. The fraction of sp³-hybridized carbons (Fsp3) is 0.238. The van der Waals surface area contributed by atoms with Gasteiger partial charge in [-0.3, -0.25) is 4.99 Å². The number of hydrogen-bond acceptors (Lipinski definition) is 4. The van der Waals surface area contributed by atoms with Crippen LogP contribution in [-0.4, -0.2) is 25.1 Å². The molecule has 0 radical (unpaired) electrons. The van der Waals surface area contributed by atoms with Crippen LogP contribution in [0.2, 0.25) is 0 Å². The second-order valence-electron chi connectivity index (χ2n) is 6.26. The molecule has 3 rings (SSSR count). The minimum atomic E-state index is 0.515. The summed E-state index contributed by atoms with van der Waals surface area (Å²) in [5.41, 5.74) is 4.09. The summed E-state index contributed by atoms with van der Waals surface area (Å²) in [5.74, 6) is 2.11. The summed E-state index contributed by atoms with van der Waals surface area (Å²) in [6.45, 7) is 3.20. The molecule has 0 atom stereocenters. The molecule has 0 unspecified atom stereocenters. The van der Waals surface area contributed by atoms with Crippen molar-refractivity contribution in [1.82, 2.24) is 15.6 Å². The van der Waals surface area contributed by atoms with Crippen LogP contribution in [0.1, 0.15) is 16.8 Å². The van der Waals surface area contributed by atoms with Gasteiger partial charge in [-0.15, -0.1) is 0 Å². The fourth-order valence-corrected chi connectivity index (χ4v) is 3.21. The lowest BCUT2D eigenvalue weighted by atomic mass is 10.1. The van der Waals surface area contributed by atoms with E-state index in [0.717, 1.165) is 27.0 Å². The first-order valence-corrected chi connectivity index (χ1v) is 9.66. The molecule has 1 heterocycles. The summed E-state index contributed by atoms with van der Waals surface area (Å²) in [5, 5.41) is 6.53. The van der Waals surface area contributed by atoms with E-state index in [9.17, 15) is 0 Å². The predicted octanol–water partition coefficient (Wildman–Crippen LogP) is 4.29. The lowest BCUT2D eigenvalue weighted by Crippen LogP contribution is -2.36. The van der Waals surface area contributed by atoms with Gasteiger partial charge >= 0.3 is 0 Å². The van der Waals surface area contributed by atoms with E-state index in [1.807, 2.05) is 42.5 Å². The first kappa shape index (κ1) is 19.9. The van der Waals surface area contributed by atoms with Gasteiger partial charge in [-0.1, -0.05) is 23.8 Å². The Morgan fingerprint density at radius 2 is 1.89 bits per heavy atom. The van der Waals surface area contributed by atoms with E-state index in [-0.39, 0.29) is 0 Å². The van der Waals surface area contributed by atoms with E-state index >= 15 is 0 Å². The number of rotatable bonds is 6. The Balaban J connectivity index is 1.54. The third-order valence-electron chi connectivity index (χ3n) is 4.19. The first-order chi connectivity index (χ1) is 13.6. The zero-order valence-corrected chi connectivity index (χ0v) is 17.7. The Morgan fingerprint density at radius 1 is 1.14 bits per heavy atom. The quantitative estimate of drug-likeness (QED) is 0.440. The Morgan fingerprint density at radius 3 is 2.57 bits per heavy atom. The smallest absolute Gasteiger partial charge is 0.226 e. The molecule has 3 aromatic rings. The average Bonchev–Trinajstić information content (AvgIpc) is 3.18. The molecule has 0 aliphatic rings. The maximum absolute atomic E-state index is 5.59. The van der Waals surface area contributed by atoms with E-state index in [4.69, 9.17) is 9.15 Å². The largest absolute Gasteiger partial charge is 0.496 e. The summed E-state index contributed by atoms with van der Waals surface area (Å²) < 4.78 is 11.8. The Kier molecular flexibility index (Phi) is 6.71. The summed E-state index contributed by atoms with van der Waals surface area (Å²) in [4.78, 5) is 8.78. The monoisotopic (exact) mass is 442 g/mol. The molecule has 28 heavy (non-hydrogen) atoms. The van der Waals surface area contributed by atoms with Crippen molar-refractivity contribution in [2.45, 2.75) is 20.0 Å². The van der Waals surface area contributed by atoms with Gasteiger partial charge in [-0.2, -0.15) is 0 Å². The van der Waals surface area contributed by atoms with Gasteiger partial charge in [0.05, 0.1) is 23.8 Å². The number of aromatic nitrogens is 1. The van der Waals surface area contributed by atoms with Crippen molar-refractivity contribution >= 4 is 21.9 Å². The van der Waals surface area contributed by atoms with Crippen LogP contribution >= 0.6 is 15.9 Å². The van der Waals surface area contributed by atoms with Crippen molar-refractivity contribution in [2.24, 2.45) is 4.99 Å². The normalized spacial score (nSPS) is 11.4. The molecule has 0 saturated carbocycles. The average molecular weight is 443 g/mol. The number of benzene rings is 2. The number of ether oxygens (including phenoxy) is 1. The second kappa shape index (κ2) is 9.41. The number of nitrogens with zero attached hydrogens (tertiary/aromatic N) is 2. The number of nitrogens with one attached hydrogen (secondary N) is 2. The molecule has 0 aliphatic heterocycles. The lowest BCUT2D eigenvalue weighted by molar-refractivity contribution is 0.412. The molecule has 7 heteroatoms. The molecule has 1 aromatic heterocycles. The van der Waals surface area contributed by atoms with Crippen LogP contribution in [0.5, 0.6) is 5.75 Å². The third kappa shape index (κ3) is 5.13. The van der Waals surface area contributed by atoms with Gasteiger partial charge in [0.1, 0.15) is 12.0 Å². The van der Waals surface area contributed by atoms with Crippen LogP contribution < -0.4 is 15.4 Å². The molecular weight excluding hydrogens is 420 g/mol. The van der Waals surface area contributed by atoms with E-state index in [1.54, 1.807) is 20.4 Å². The number of methoxy groups -OCH3 is 1. The zero-order chi connectivity index (χ0) is 19.9. The van der Waals surface area contributed by atoms with Crippen molar-refractivity contribution in [3.05, 3.63) is 70.0 Å². The maximum atomic E-state index is 5.59. The topological polar surface area (TPSA) is 71.7 Å². The van der Waals surface area contributed by atoms with Crippen LogP contribution in [0.25, 0.3) is 11.5 Å². The predicted molar refractivity (Wildman–Crippen MR) is 114 cm³/mol. The van der Waals surface area contributed by atoms with Crippen molar-refractivity contribution in [3.63, 3.8) is 0 Å². The van der Waals surface area contributed by atoms with Crippen LogP contribution in [0, 0.1) is 6.92 Å². The Bertz CT molecular complexity index is 951. The fourth-order valence-electron chi connectivity index (χ4n) is 2.62. The van der Waals surface area contributed by atoms with Gasteiger partial charge < -0.3 is 19.8 Å². The van der Waals surface area contributed by atoms with Crippen LogP contribution in [0.15, 0.2) is 62.6 Å². The lowest BCUT2D eigenvalue weighted by Gasteiger charge is -2.12. The molecule has 0 spiro atoms. The van der Waals surface area contributed by atoms with Gasteiger partial charge in [0.25, 0.3) is 0 Å². The molecule has 0 saturated heterocycles. The highest BCUT2D eigenvalue weighted by molar-refractivity contribution is 9.10. The Hall–Kier alpha value is -2.80. The molecule has 0 amide bonds. The molecule has 2 aromatic carbocycles. The molecule has 0 aliphatic carbocycles. The van der Waals surface area contributed by atoms with E-state index in [2.05, 4.69) is 43.5 Å². The highest BCUT2D eigenvalue weighted by Gasteiger charge is 2.08. The van der Waals surface area contributed by atoms with Gasteiger partial charge in [-0.25, -0.2) is 4.98 Å². The zero-order valence-electron chi connectivity index (χ0n) is 16.1. The van der Waals surface area contributed by atoms with Crippen LogP contribution in [-0.2, 0) is 13.1 Å². The SMILES string of the molecule is CN=C(NCc1ccc(OC)c(Br)c1)NCc1coc(-c2ccc(C)cc2)n1. The molecule has 0 fully saturated rings. The van der Waals surface area contributed by atoms with Crippen molar-refractivity contribution < 1.29 is 9.15 Å². The number of halogens is 1. The van der Waals surface area contributed by atoms with Gasteiger partial charge in [0, 0.05) is 19.2 Å². The molecular formula is C21H23BrN4O2. The minimum Gasteiger partial charge on any atom is -0.496 e. The van der Waals surface area contributed by atoms with Crippen LogP contribution in [0.3, 0.4) is 0 Å². The number of oxazole rings is 1. The van der Waals surface area contributed by atoms with Crippen molar-refractivity contribution in [2.75, 3.05) is 14.2 Å². The molecule has 6 nitrogen and oxygen atoms in total. The maximum Gasteiger partial charge on any atom is 0.226 e. The third-order valence-corrected chi connectivity index (χ3v) is 4.81. The minimum absolute atomic E-state index is 0.515. The van der Waals surface area contributed by atoms with Crippen molar-refractivity contribution in [3.8, 4) is 17.2 Å². The van der Waals surface area contributed by atoms with Crippen LogP contribution in [0.4, 0.5) is 0 Å². The molecule has 146 valence electrons. The summed E-state index contributed by atoms with van der Waals surface area (Å²) in [6, 6.07) is 14.1. The van der Waals surface area contributed by atoms with E-state index < -0.39 is 0 Å². The van der Waals surface area contributed by atoms with Gasteiger partial charge in [-0.05, 0) is 52.7 Å². The highest BCUT2D eigenvalue weighted by Crippen LogP contribution is 2.25. The molecule has 2 N–H and O–H groups in total. The van der Waals surface area contributed by atoms with Gasteiger partial charge in [0.2, 0.25) is 5.89 Å². The summed E-state index contributed by atoms with van der Waals surface area (Å²) in [6.07, 6.45) is 1.66. The second-order valence-corrected chi connectivity index (χ2v) is 7.11. The Labute approximate surface area is 173 Å². The number of guanidine groups is 1. The standard InChI is InChI=1S/C21H23BrN4O2/c1-14-4-7-16(8-5-14)20-26-17(13-28-20)12-25-21(23-2)24-11-15-6-9-19(27-3)18(22)10-15/h4-10,13H,11-12H2,1-3H3,(H2,23,24,25). The van der Waals surface area contributed by atoms with E-state index in [0.29, 0.717) is 24.9 Å². The highest BCUT2D eigenvalue weighted by atomic mass is 79.9. The van der Waals surface area contributed by atoms with Gasteiger partial charge in [0.15, 0.2) is 5.96 Å². The van der Waals surface area contributed by atoms with E-state index in [1.165, 1.54) is 5.56 Å². The number of aliphatic imine (C=N–C) groups is 1. The number of hydrogen-bond donors (Lipinski definition) is 2.